The lowest BCUT2D eigenvalue weighted by Crippen LogP contribution is -2.50. The van der Waals surface area contributed by atoms with Crippen molar-refractivity contribution in [2.45, 2.75) is 67.3 Å². The van der Waals surface area contributed by atoms with Crippen molar-refractivity contribution in [2.75, 3.05) is 0 Å². The molecule has 0 aromatic heterocycles. The molecule has 2 aromatic rings. The van der Waals surface area contributed by atoms with E-state index in [1.54, 1.807) is 0 Å². The van der Waals surface area contributed by atoms with E-state index in [4.69, 9.17) is 4.74 Å². The SMILES string of the molecule is CC(C)(C)[S@@+]([O-])N(Cc1ccccc1)C(c1ccccc1)[C@@H]1CCC(I)C(O)O1. The molecule has 4 nitrogen and oxygen atoms in total. The maximum absolute atomic E-state index is 13.7. The van der Waals surface area contributed by atoms with Gasteiger partial charge in [-0.15, -0.1) is 4.31 Å². The summed E-state index contributed by atoms with van der Waals surface area (Å²) in [6, 6.07) is 20.0. The zero-order valence-electron chi connectivity index (χ0n) is 17.2. The second-order valence-corrected chi connectivity index (χ2v) is 12.2. The summed E-state index contributed by atoms with van der Waals surface area (Å²) < 4.78 is 21.5. The molecule has 29 heavy (non-hydrogen) atoms. The predicted octanol–water partition coefficient (Wildman–Crippen LogP) is 4.99. The first-order valence-electron chi connectivity index (χ1n) is 10.0. The van der Waals surface area contributed by atoms with Crippen LogP contribution in [0.3, 0.4) is 0 Å². The number of halogens is 1. The number of ether oxygens (including phenoxy) is 1. The minimum atomic E-state index is -1.26. The molecule has 0 aliphatic carbocycles. The lowest BCUT2D eigenvalue weighted by atomic mass is 9.95. The van der Waals surface area contributed by atoms with E-state index in [2.05, 4.69) is 51.2 Å². The van der Waals surface area contributed by atoms with Crippen molar-refractivity contribution in [1.29, 1.82) is 0 Å². The van der Waals surface area contributed by atoms with Crippen LogP contribution in [0.25, 0.3) is 0 Å². The molecule has 1 aliphatic heterocycles. The molecule has 0 saturated carbocycles. The van der Waals surface area contributed by atoms with Crippen LogP contribution in [0.5, 0.6) is 0 Å². The summed E-state index contributed by atoms with van der Waals surface area (Å²) in [7, 11) is 0. The van der Waals surface area contributed by atoms with Gasteiger partial charge in [0.25, 0.3) is 0 Å². The zero-order chi connectivity index (χ0) is 21.0. The number of aliphatic hydroxyl groups is 1. The van der Waals surface area contributed by atoms with Crippen LogP contribution in [-0.4, -0.2) is 35.0 Å². The van der Waals surface area contributed by atoms with E-state index in [-0.39, 0.29) is 16.1 Å². The maximum Gasteiger partial charge on any atom is 0.166 e. The molecule has 1 saturated heterocycles. The lowest BCUT2D eigenvalue weighted by Gasteiger charge is -2.43. The highest BCUT2D eigenvalue weighted by Gasteiger charge is 2.44. The van der Waals surface area contributed by atoms with Crippen molar-refractivity contribution < 1.29 is 14.4 Å². The van der Waals surface area contributed by atoms with Crippen LogP contribution in [0.1, 0.15) is 50.8 Å². The van der Waals surface area contributed by atoms with Crippen LogP contribution < -0.4 is 0 Å². The van der Waals surface area contributed by atoms with Crippen LogP contribution in [0.15, 0.2) is 60.7 Å². The summed E-state index contributed by atoms with van der Waals surface area (Å²) >= 11 is 0.987. The monoisotopic (exact) mass is 527 g/mol. The Balaban J connectivity index is 2.01. The van der Waals surface area contributed by atoms with E-state index in [9.17, 15) is 9.66 Å². The zero-order valence-corrected chi connectivity index (χ0v) is 20.2. The average molecular weight is 527 g/mol. The van der Waals surface area contributed by atoms with Crippen LogP contribution in [0.2, 0.25) is 0 Å². The van der Waals surface area contributed by atoms with Crippen LogP contribution in [-0.2, 0) is 22.6 Å². The fourth-order valence-corrected chi connectivity index (χ4v) is 5.59. The molecule has 3 unspecified atom stereocenters. The van der Waals surface area contributed by atoms with Gasteiger partial charge in [0.15, 0.2) is 6.29 Å². The van der Waals surface area contributed by atoms with Crippen molar-refractivity contribution in [1.82, 2.24) is 4.31 Å². The van der Waals surface area contributed by atoms with Crippen LogP contribution >= 0.6 is 22.6 Å². The van der Waals surface area contributed by atoms with E-state index in [0.717, 1.165) is 24.0 Å². The van der Waals surface area contributed by atoms with Crippen molar-refractivity contribution in [2.24, 2.45) is 0 Å². The Morgan fingerprint density at radius 1 is 1.10 bits per heavy atom. The first-order chi connectivity index (χ1) is 13.8. The predicted molar refractivity (Wildman–Crippen MR) is 127 cm³/mol. The molecule has 6 heteroatoms. The second-order valence-electron chi connectivity index (χ2n) is 8.44. The van der Waals surface area contributed by atoms with Gasteiger partial charge in [0, 0.05) is 11.4 Å². The molecule has 2 aromatic carbocycles. The molecule has 1 N–H and O–H groups in total. The Morgan fingerprint density at radius 3 is 2.24 bits per heavy atom. The highest BCUT2D eigenvalue weighted by molar-refractivity contribution is 14.1. The normalized spacial score (nSPS) is 25.0. The first-order valence-corrected chi connectivity index (χ1v) is 12.4. The summed E-state index contributed by atoms with van der Waals surface area (Å²) in [5, 5.41) is 10.4. The average Bonchev–Trinajstić information content (AvgIpc) is 2.70. The summed E-state index contributed by atoms with van der Waals surface area (Å²) in [5.41, 5.74) is 2.17. The number of alkyl halides is 1. The summed E-state index contributed by atoms with van der Waals surface area (Å²) in [5.74, 6) is 0. The minimum absolute atomic E-state index is 0.0796. The molecule has 3 rings (SSSR count). The van der Waals surface area contributed by atoms with Gasteiger partial charge in [-0.2, -0.15) is 0 Å². The number of benzene rings is 2. The first kappa shape index (κ1) is 23.0. The number of aliphatic hydroxyl groups excluding tert-OH is 1. The van der Waals surface area contributed by atoms with E-state index in [0.29, 0.717) is 6.54 Å². The molecular formula is C23H30INO3S. The third-order valence-electron chi connectivity index (χ3n) is 5.07. The third-order valence-corrected chi connectivity index (χ3v) is 8.14. The van der Waals surface area contributed by atoms with Gasteiger partial charge >= 0.3 is 0 Å². The van der Waals surface area contributed by atoms with E-state index < -0.39 is 22.4 Å². The Kier molecular flexibility index (Phi) is 8.03. The molecular weight excluding hydrogens is 497 g/mol. The fourth-order valence-electron chi connectivity index (χ4n) is 3.62. The Bertz CT molecular complexity index is 756. The number of hydrogen-bond acceptors (Lipinski definition) is 4. The highest BCUT2D eigenvalue weighted by atomic mass is 127. The largest absolute Gasteiger partial charge is 0.597 e. The summed E-state index contributed by atoms with van der Waals surface area (Å²) in [6.45, 7) is 6.55. The quantitative estimate of drug-likeness (QED) is 0.327. The molecule has 158 valence electrons. The Hall–Kier alpha value is -0.640. The molecule has 1 aliphatic rings. The summed E-state index contributed by atoms with van der Waals surface area (Å²) in [4.78, 5) is 0. The van der Waals surface area contributed by atoms with Gasteiger partial charge in [0.2, 0.25) is 0 Å². The van der Waals surface area contributed by atoms with Gasteiger partial charge in [0.1, 0.15) is 10.8 Å². The second kappa shape index (κ2) is 10.1. The van der Waals surface area contributed by atoms with Crippen molar-refractivity contribution in [3.05, 3.63) is 71.8 Å². The van der Waals surface area contributed by atoms with Gasteiger partial charge < -0.3 is 14.4 Å². The fraction of sp³-hybridized carbons (Fsp3) is 0.478. The van der Waals surface area contributed by atoms with E-state index in [1.165, 1.54) is 0 Å². The number of hydrogen-bond donors (Lipinski definition) is 1. The van der Waals surface area contributed by atoms with Gasteiger partial charge in [-0.3, -0.25) is 0 Å². The number of nitrogens with zero attached hydrogens (tertiary/aromatic N) is 1. The van der Waals surface area contributed by atoms with E-state index >= 15 is 0 Å². The van der Waals surface area contributed by atoms with Gasteiger partial charge in [0.05, 0.1) is 16.6 Å². The standard InChI is InChI=1S/C23H30INO3S/c1-23(2,3)29(27)25(16-17-10-6-4-7-11-17)21(18-12-8-5-9-13-18)20-15-14-19(24)22(26)28-20/h4-13,19-22,26H,14-16H2,1-3H3/t19?,20-,21?,22?,29+/m0/s1. The summed E-state index contributed by atoms with van der Waals surface area (Å²) in [6.07, 6.45) is 0.657. The topological polar surface area (TPSA) is 55.8 Å². The highest BCUT2D eigenvalue weighted by Crippen LogP contribution is 2.39. The van der Waals surface area contributed by atoms with Crippen LogP contribution in [0.4, 0.5) is 0 Å². The van der Waals surface area contributed by atoms with Crippen molar-refractivity contribution in [3.8, 4) is 0 Å². The van der Waals surface area contributed by atoms with Gasteiger partial charge in [-0.25, -0.2) is 0 Å². The van der Waals surface area contributed by atoms with Gasteiger partial charge in [-0.05, 0) is 44.7 Å². The molecule has 1 heterocycles. The smallest absolute Gasteiger partial charge is 0.166 e. The molecule has 0 radical (unpaired) electrons. The minimum Gasteiger partial charge on any atom is -0.597 e. The van der Waals surface area contributed by atoms with Crippen LogP contribution in [0, 0.1) is 0 Å². The molecule has 0 bridgehead atoms. The Morgan fingerprint density at radius 2 is 1.69 bits per heavy atom. The maximum atomic E-state index is 13.7. The van der Waals surface area contributed by atoms with Crippen molar-refractivity contribution >= 4 is 34.0 Å². The van der Waals surface area contributed by atoms with E-state index in [1.807, 2.05) is 57.2 Å². The molecule has 1 fully saturated rings. The van der Waals surface area contributed by atoms with Crippen molar-refractivity contribution in [3.63, 3.8) is 0 Å². The molecule has 5 atom stereocenters. The third kappa shape index (κ3) is 5.95. The number of rotatable bonds is 6. The Labute approximate surface area is 191 Å². The molecule has 0 amide bonds. The lowest BCUT2D eigenvalue weighted by molar-refractivity contribution is -0.171. The van der Waals surface area contributed by atoms with Gasteiger partial charge in [-0.1, -0.05) is 83.3 Å². The molecule has 0 spiro atoms.